The molecule has 6 nitrogen and oxygen atoms in total. The highest BCUT2D eigenvalue weighted by Gasteiger charge is 2.21. The van der Waals surface area contributed by atoms with Crippen molar-refractivity contribution in [1.82, 2.24) is 10.6 Å². The zero-order valence-corrected chi connectivity index (χ0v) is 14.5. The van der Waals surface area contributed by atoms with Crippen LogP contribution in [0.5, 0.6) is 0 Å². The number of amides is 1. The van der Waals surface area contributed by atoms with Crippen LogP contribution in [0.15, 0.2) is 52.1 Å². The van der Waals surface area contributed by atoms with E-state index in [9.17, 15) is 4.79 Å². The molecule has 0 spiro atoms. The Morgan fingerprint density at radius 1 is 1.24 bits per heavy atom. The van der Waals surface area contributed by atoms with Crippen molar-refractivity contribution in [2.24, 2.45) is 4.99 Å². The van der Waals surface area contributed by atoms with Gasteiger partial charge < -0.3 is 20.0 Å². The summed E-state index contributed by atoms with van der Waals surface area (Å²) in [4.78, 5) is 18.2. The fraction of sp³-hybridized carbons (Fsp3) is 0.368. The molecule has 0 unspecified atom stereocenters. The van der Waals surface area contributed by atoms with Gasteiger partial charge in [-0.15, -0.1) is 0 Å². The molecule has 0 aliphatic carbocycles. The number of hydrogen-bond acceptors (Lipinski definition) is 3. The van der Waals surface area contributed by atoms with E-state index in [1.807, 2.05) is 48.2 Å². The topological polar surface area (TPSA) is 69.9 Å². The van der Waals surface area contributed by atoms with Crippen LogP contribution in [-0.4, -0.2) is 25.0 Å². The van der Waals surface area contributed by atoms with Gasteiger partial charge in [0.1, 0.15) is 5.76 Å². The summed E-state index contributed by atoms with van der Waals surface area (Å²) in [6.45, 7) is 4.81. The molecule has 1 amide bonds. The molecule has 2 N–H and O–H groups in total. The lowest BCUT2D eigenvalue weighted by Gasteiger charge is -2.15. The van der Waals surface area contributed by atoms with Crippen LogP contribution in [-0.2, 0) is 17.9 Å². The van der Waals surface area contributed by atoms with Crippen LogP contribution in [0.1, 0.15) is 31.1 Å². The lowest BCUT2D eigenvalue weighted by Crippen LogP contribution is -2.36. The van der Waals surface area contributed by atoms with Gasteiger partial charge in [-0.1, -0.05) is 12.1 Å². The second-order valence-electron chi connectivity index (χ2n) is 5.94. The van der Waals surface area contributed by atoms with Crippen LogP contribution in [0.4, 0.5) is 5.69 Å². The molecule has 25 heavy (non-hydrogen) atoms. The third-order valence-electron chi connectivity index (χ3n) is 4.10. The fourth-order valence-corrected chi connectivity index (χ4v) is 2.80. The Hall–Kier alpha value is -2.76. The lowest BCUT2D eigenvalue weighted by molar-refractivity contribution is -0.117. The van der Waals surface area contributed by atoms with Crippen LogP contribution in [0, 0.1) is 0 Å². The predicted molar refractivity (Wildman–Crippen MR) is 98.4 cm³/mol. The fourth-order valence-electron chi connectivity index (χ4n) is 2.80. The van der Waals surface area contributed by atoms with E-state index in [1.165, 1.54) is 0 Å². The molecule has 1 aromatic heterocycles. The summed E-state index contributed by atoms with van der Waals surface area (Å²) in [5.74, 6) is 1.82. The monoisotopic (exact) mass is 340 g/mol. The van der Waals surface area contributed by atoms with E-state index in [-0.39, 0.29) is 5.91 Å². The average Bonchev–Trinajstić information content (AvgIpc) is 3.29. The number of guanidine groups is 1. The van der Waals surface area contributed by atoms with Gasteiger partial charge in [0.05, 0.1) is 19.4 Å². The minimum atomic E-state index is 0.210. The van der Waals surface area contributed by atoms with E-state index < -0.39 is 0 Å². The van der Waals surface area contributed by atoms with E-state index in [4.69, 9.17) is 4.42 Å². The summed E-state index contributed by atoms with van der Waals surface area (Å²) in [7, 11) is 0. The molecule has 6 heteroatoms. The number of anilines is 1. The number of carbonyl (C=O) groups is 1. The second-order valence-corrected chi connectivity index (χ2v) is 5.94. The van der Waals surface area contributed by atoms with Gasteiger partial charge in [0.15, 0.2) is 5.96 Å². The van der Waals surface area contributed by atoms with Crippen molar-refractivity contribution in [3.05, 3.63) is 54.0 Å². The van der Waals surface area contributed by atoms with Gasteiger partial charge in [-0.3, -0.25) is 4.79 Å². The molecular formula is C19H24N4O2. The zero-order valence-electron chi connectivity index (χ0n) is 14.5. The maximum absolute atomic E-state index is 11.8. The zero-order chi connectivity index (χ0) is 17.5. The molecule has 0 bridgehead atoms. The first-order chi connectivity index (χ1) is 12.3. The maximum atomic E-state index is 11.8. The standard InChI is InChI=1S/C19H24N4O2/c1-2-20-19(22-14-17-5-4-12-25-17)21-13-15-7-9-16(10-8-15)23-11-3-6-18(23)24/h4-5,7-10,12H,2-3,6,11,13-14H2,1H3,(H2,20,21,22). The number of nitrogens with one attached hydrogen (secondary N) is 2. The van der Waals surface area contributed by atoms with Crippen molar-refractivity contribution in [3.63, 3.8) is 0 Å². The number of aliphatic imine (C=N–C) groups is 1. The minimum absolute atomic E-state index is 0.210. The number of benzene rings is 1. The minimum Gasteiger partial charge on any atom is -0.467 e. The summed E-state index contributed by atoms with van der Waals surface area (Å²) in [5.41, 5.74) is 2.07. The van der Waals surface area contributed by atoms with Gasteiger partial charge in [-0.25, -0.2) is 4.99 Å². The van der Waals surface area contributed by atoms with Crippen LogP contribution in [0.25, 0.3) is 0 Å². The van der Waals surface area contributed by atoms with E-state index in [1.54, 1.807) is 6.26 Å². The van der Waals surface area contributed by atoms with Gasteiger partial charge in [0.2, 0.25) is 5.91 Å². The summed E-state index contributed by atoms with van der Waals surface area (Å²) >= 11 is 0. The third kappa shape index (κ3) is 4.62. The highest BCUT2D eigenvalue weighted by Crippen LogP contribution is 2.21. The van der Waals surface area contributed by atoms with Gasteiger partial charge in [-0.2, -0.15) is 0 Å². The molecule has 1 aliphatic rings. The average molecular weight is 340 g/mol. The molecule has 0 saturated carbocycles. The first-order valence-corrected chi connectivity index (χ1v) is 8.70. The maximum Gasteiger partial charge on any atom is 0.227 e. The number of furan rings is 1. The Labute approximate surface area is 147 Å². The van der Waals surface area contributed by atoms with E-state index in [0.717, 1.165) is 42.5 Å². The Kier molecular flexibility index (Phi) is 5.72. The molecule has 1 saturated heterocycles. The van der Waals surface area contributed by atoms with Crippen molar-refractivity contribution < 1.29 is 9.21 Å². The molecular weight excluding hydrogens is 316 g/mol. The molecule has 3 rings (SSSR count). The van der Waals surface area contributed by atoms with Crippen molar-refractivity contribution in [1.29, 1.82) is 0 Å². The van der Waals surface area contributed by atoms with E-state index in [0.29, 0.717) is 19.5 Å². The van der Waals surface area contributed by atoms with Crippen molar-refractivity contribution in [3.8, 4) is 0 Å². The molecule has 1 fully saturated rings. The Balaban J connectivity index is 1.58. The number of nitrogens with zero attached hydrogens (tertiary/aromatic N) is 2. The smallest absolute Gasteiger partial charge is 0.227 e. The van der Waals surface area contributed by atoms with Crippen LogP contribution in [0.3, 0.4) is 0 Å². The summed E-state index contributed by atoms with van der Waals surface area (Å²) in [6, 6.07) is 11.8. The quantitative estimate of drug-likeness (QED) is 0.626. The SMILES string of the molecule is CCNC(=NCc1ccc(N2CCCC2=O)cc1)NCc1ccco1. The summed E-state index contributed by atoms with van der Waals surface area (Å²) in [5, 5.41) is 6.47. The normalized spacial score (nSPS) is 14.8. The van der Waals surface area contributed by atoms with Crippen molar-refractivity contribution in [2.45, 2.75) is 32.9 Å². The second kappa shape index (κ2) is 8.37. The molecule has 1 aliphatic heterocycles. The molecule has 132 valence electrons. The first kappa shape index (κ1) is 17.1. The van der Waals surface area contributed by atoms with Crippen LogP contribution >= 0.6 is 0 Å². The molecule has 0 atom stereocenters. The lowest BCUT2D eigenvalue weighted by atomic mass is 10.2. The Morgan fingerprint density at radius 2 is 2.08 bits per heavy atom. The largest absolute Gasteiger partial charge is 0.467 e. The summed E-state index contributed by atoms with van der Waals surface area (Å²) < 4.78 is 5.32. The molecule has 1 aromatic carbocycles. The predicted octanol–water partition coefficient (Wildman–Crippen LogP) is 2.66. The Bertz CT molecular complexity index is 708. The summed E-state index contributed by atoms with van der Waals surface area (Å²) in [6.07, 6.45) is 3.26. The third-order valence-corrected chi connectivity index (χ3v) is 4.10. The highest BCUT2D eigenvalue weighted by atomic mass is 16.3. The first-order valence-electron chi connectivity index (χ1n) is 8.70. The van der Waals surface area contributed by atoms with Gasteiger partial charge in [0.25, 0.3) is 0 Å². The van der Waals surface area contributed by atoms with Gasteiger partial charge in [0, 0.05) is 25.2 Å². The highest BCUT2D eigenvalue weighted by molar-refractivity contribution is 5.95. The van der Waals surface area contributed by atoms with E-state index >= 15 is 0 Å². The molecule has 2 heterocycles. The van der Waals surface area contributed by atoms with Gasteiger partial charge in [-0.05, 0) is 43.2 Å². The van der Waals surface area contributed by atoms with Crippen molar-refractivity contribution >= 4 is 17.6 Å². The van der Waals surface area contributed by atoms with Crippen molar-refractivity contribution in [2.75, 3.05) is 18.0 Å². The number of carbonyl (C=O) groups excluding carboxylic acids is 1. The number of rotatable bonds is 6. The van der Waals surface area contributed by atoms with Crippen LogP contribution in [0.2, 0.25) is 0 Å². The Morgan fingerprint density at radius 3 is 2.72 bits per heavy atom. The number of hydrogen-bond donors (Lipinski definition) is 2. The van der Waals surface area contributed by atoms with E-state index in [2.05, 4.69) is 15.6 Å². The molecule has 0 radical (unpaired) electrons. The van der Waals surface area contributed by atoms with Gasteiger partial charge >= 0.3 is 0 Å². The van der Waals surface area contributed by atoms with Crippen LogP contribution < -0.4 is 15.5 Å². The molecule has 2 aromatic rings.